The van der Waals surface area contributed by atoms with E-state index in [1.165, 1.54) is 16.7 Å². The molecule has 0 bridgehead atoms. The summed E-state index contributed by atoms with van der Waals surface area (Å²) in [6.07, 6.45) is 0. The summed E-state index contributed by atoms with van der Waals surface area (Å²) in [4.78, 5) is 27.8. The van der Waals surface area contributed by atoms with Crippen LogP contribution in [0.25, 0.3) is 5.57 Å². The molecule has 0 unspecified atom stereocenters. The molecule has 0 N–H and O–H groups in total. The van der Waals surface area contributed by atoms with E-state index in [-0.39, 0.29) is 11.8 Å². The third-order valence-electron chi connectivity index (χ3n) is 3.85. The molecule has 26 heavy (non-hydrogen) atoms. The van der Waals surface area contributed by atoms with Crippen LogP contribution in [0.2, 0.25) is 5.02 Å². The van der Waals surface area contributed by atoms with Crippen LogP contribution >= 0.6 is 23.4 Å². The number of amides is 2. The fraction of sp³-hybridized carbons (Fsp3) is 0.200. The summed E-state index contributed by atoms with van der Waals surface area (Å²) < 4.78 is 5.49. The highest BCUT2D eigenvalue weighted by atomic mass is 35.5. The number of imide groups is 1. The smallest absolute Gasteiger partial charge is 0.272 e. The van der Waals surface area contributed by atoms with Crippen molar-refractivity contribution in [3.63, 3.8) is 0 Å². The molecule has 1 heterocycles. The summed E-state index contributed by atoms with van der Waals surface area (Å²) in [5.41, 5.74) is 1.61. The third kappa shape index (κ3) is 3.50. The second-order valence-corrected chi connectivity index (χ2v) is 7.23. The third-order valence-corrected chi connectivity index (χ3v) is 5.06. The molecule has 0 atom stereocenters. The molecule has 0 fully saturated rings. The fourth-order valence-corrected chi connectivity index (χ4v) is 3.75. The zero-order chi connectivity index (χ0) is 18.7. The van der Waals surface area contributed by atoms with Crippen molar-refractivity contribution in [1.29, 1.82) is 0 Å². The first-order chi connectivity index (χ1) is 12.6. The first-order valence-corrected chi connectivity index (χ1v) is 9.67. The van der Waals surface area contributed by atoms with Gasteiger partial charge in [0.25, 0.3) is 11.8 Å². The van der Waals surface area contributed by atoms with Gasteiger partial charge in [-0.05, 0) is 42.5 Å². The quantitative estimate of drug-likeness (QED) is 0.669. The molecule has 2 aromatic rings. The van der Waals surface area contributed by atoms with Crippen molar-refractivity contribution in [3.05, 3.63) is 64.0 Å². The molecule has 0 radical (unpaired) electrons. The van der Waals surface area contributed by atoms with E-state index < -0.39 is 0 Å². The zero-order valence-electron chi connectivity index (χ0n) is 14.5. The number of halogens is 1. The second-order valence-electron chi connectivity index (χ2n) is 5.52. The number of rotatable bonds is 6. The minimum absolute atomic E-state index is 0.305. The van der Waals surface area contributed by atoms with Gasteiger partial charge in [-0.2, -0.15) is 0 Å². The molecule has 4 nitrogen and oxygen atoms in total. The van der Waals surface area contributed by atoms with Gasteiger partial charge in [0.1, 0.15) is 5.75 Å². The highest BCUT2D eigenvalue weighted by molar-refractivity contribution is 8.04. The van der Waals surface area contributed by atoms with Crippen molar-refractivity contribution >= 4 is 46.4 Å². The maximum Gasteiger partial charge on any atom is 0.272 e. The van der Waals surface area contributed by atoms with Crippen LogP contribution < -0.4 is 9.64 Å². The highest BCUT2D eigenvalue weighted by Crippen LogP contribution is 2.39. The molecule has 0 saturated carbocycles. The minimum Gasteiger partial charge on any atom is -0.494 e. The van der Waals surface area contributed by atoms with E-state index in [1.807, 2.05) is 13.8 Å². The predicted octanol–water partition coefficient (Wildman–Crippen LogP) is 4.78. The van der Waals surface area contributed by atoms with E-state index in [4.69, 9.17) is 16.3 Å². The van der Waals surface area contributed by atoms with Crippen molar-refractivity contribution < 1.29 is 14.3 Å². The number of carbonyl (C=O) groups is 2. The van der Waals surface area contributed by atoms with Gasteiger partial charge >= 0.3 is 0 Å². The highest BCUT2D eigenvalue weighted by Gasteiger charge is 2.40. The van der Waals surface area contributed by atoms with Gasteiger partial charge in [0.2, 0.25) is 0 Å². The number of anilines is 1. The van der Waals surface area contributed by atoms with Crippen LogP contribution in [0.5, 0.6) is 5.75 Å². The molecule has 0 spiro atoms. The van der Waals surface area contributed by atoms with Gasteiger partial charge in [0.05, 0.1) is 22.8 Å². The summed E-state index contributed by atoms with van der Waals surface area (Å²) in [5, 5.41) is 0.581. The number of hydrogen-bond donors (Lipinski definition) is 0. The van der Waals surface area contributed by atoms with Gasteiger partial charge in [-0.25, -0.2) is 4.90 Å². The van der Waals surface area contributed by atoms with Crippen molar-refractivity contribution in [2.75, 3.05) is 17.3 Å². The molecule has 6 heteroatoms. The Bertz CT molecular complexity index is 877. The largest absolute Gasteiger partial charge is 0.494 e. The normalized spacial score (nSPS) is 14.3. The number of benzene rings is 2. The van der Waals surface area contributed by atoms with Crippen LogP contribution in [0, 0.1) is 0 Å². The lowest BCUT2D eigenvalue weighted by molar-refractivity contribution is -0.119. The number of nitrogens with zero attached hydrogens (tertiary/aromatic N) is 1. The van der Waals surface area contributed by atoms with Crippen molar-refractivity contribution in [3.8, 4) is 5.75 Å². The van der Waals surface area contributed by atoms with E-state index in [2.05, 4.69) is 0 Å². The van der Waals surface area contributed by atoms with Gasteiger partial charge in [-0.1, -0.05) is 36.7 Å². The van der Waals surface area contributed by atoms with Crippen LogP contribution in [0.1, 0.15) is 19.4 Å². The summed E-state index contributed by atoms with van der Waals surface area (Å²) in [6.45, 7) is 4.35. The number of hydrogen-bond acceptors (Lipinski definition) is 4. The molecule has 1 aliphatic rings. The molecule has 2 amide bonds. The van der Waals surface area contributed by atoms with Crippen LogP contribution in [-0.2, 0) is 9.59 Å². The average Bonchev–Trinajstić information content (AvgIpc) is 2.87. The number of ether oxygens (including phenoxy) is 1. The summed E-state index contributed by atoms with van der Waals surface area (Å²) in [5.74, 6) is 0.677. The van der Waals surface area contributed by atoms with E-state index in [0.717, 1.165) is 0 Å². The fourth-order valence-electron chi connectivity index (χ4n) is 2.77. The standard InChI is InChI=1S/C20H18ClNO3S/c1-3-25-16-7-5-6-15(12-16)22-19(23)17(18(20(22)24)26-4-2)13-8-10-14(21)11-9-13/h5-12H,3-4H2,1-2H3. The first kappa shape index (κ1) is 18.5. The Morgan fingerprint density at radius 2 is 1.77 bits per heavy atom. The van der Waals surface area contributed by atoms with Crippen LogP contribution in [0.3, 0.4) is 0 Å². The Hall–Kier alpha value is -2.24. The maximum atomic E-state index is 13.1. The van der Waals surface area contributed by atoms with Gasteiger partial charge in [0, 0.05) is 11.1 Å². The molecular weight excluding hydrogens is 370 g/mol. The van der Waals surface area contributed by atoms with Gasteiger partial charge in [-0.3, -0.25) is 9.59 Å². The average molecular weight is 388 g/mol. The second kappa shape index (κ2) is 7.98. The van der Waals surface area contributed by atoms with Gasteiger partial charge in [-0.15, -0.1) is 11.8 Å². The monoisotopic (exact) mass is 387 g/mol. The summed E-state index contributed by atoms with van der Waals surface area (Å²) in [7, 11) is 0. The van der Waals surface area contributed by atoms with Crippen molar-refractivity contribution in [1.82, 2.24) is 0 Å². The first-order valence-electron chi connectivity index (χ1n) is 8.31. The number of carbonyl (C=O) groups excluding carboxylic acids is 2. The topological polar surface area (TPSA) is 46.6 Å². The molecule has 0 saturated heterocycles. The Labute approximate surface area is 161 Å². The Morgan fingerprint density at radius 3 is 2.42 bits per heavy atom. The predicted molar refractivity (Wildman–Crippen MR) is 107 cm³/mol. The molecule has 3 rings (SSSR count). The minimum atomic E-state index is -0.332. The number of thioether (sulfide) groups is 1. The van der Waals surface area contributed by atoms with E-state index in [0.29, 0.717) is 44.9 Å². The zero-order valence-corrected chi connectivity index (χ0v) is 16.1. The Kier molecular flexibility index (Phi) is 5.69. The lowest BCUT2D eigenvalue weighted by atomic mass is 10.1. The lowest BCUT2D eigenvalue weighted by Crippen LogP contribution is -2.31. The van der Waals surface area contributed by atoms with E-state index in [9.17, 15) is 9.59 Å². The van der Waals surface area contributed by atoms with Crippen LogP contribution in [0.15, 0.2) is 53.4 Å². The van der Waals surface area contributed by atoms with Crippen molar-refractivity contribution in [2.45, 2.75) is 13.8 Å². The summed E-state index contributed by atoms with van der Waals surface area (Å²) >= 11 is 7.33. The molecule has 2 aromatic carbocycles. The molecule has 1 aliphatic heterocycles. The Balaban J connectivity index is 2.04. The van der Waals surface area contributed by atoms with Crippen LogP contribution in [-0.4, -0.2) is 24.2 Å². The van der Waals surface area contributed by atoms with Crippen molar-refractivity contribution in [2.24, 2.45) is 0 Å². The van der Waals surface area contributed by atoms with Gasteiger partial charge in [0.15, 0.2) is 0 Å². The van der Waals surface area contributed by atoms with Crippen LogP contribution in [0.4, 0.5) is 5.69 Å². The van der Waals surface area contributed by atoms with E-state index >= 15 is 0 Å². The molecule has 0 aliphatic carbocycles. The summed E-state index contributed by atoms with van der Waals surface area (Å²) in [6, 6.07) is 14.0. The lowest BCUT2D eigenvalue weighted by Gasteiger charge is -2.16. The SMILES string of the molecule is CCOc1cccc(N2C(=O)C(SCC)=C(c3ccc(Cl)cc3)C2=O)c1. The van der Waals surface area contributed by atoms with Gasteiger partial charge < -0.3 is 4.74 Å². The molecule has 0 aromatic heterocycles. The Morgan fingerprint density at radius 1 is 1.04 bits per heavy atom. The molecule has 134 valence electrons. The maximum absolute atomic E-state index is 13.1. The van der Waals surface area contributed by atoms with E-state index in [1.54, 1.807) is 48.5 Å². The molecular formula is C20H18ClNO3S.